The predicted molar refractivity (Wildman–Crippen MR) is 41.8 cm³/mol. The van der Waals surface area contributed by atoms with Crippen LogP contribution in [0, 0.1) is 0 Å². The molecule has 0 unspecified atom stereocenters. The van der Waals surface area contributed by atoms with Crippen molar-refractivity contribution in [3.05, 3.63) is 18.1 Å². The summed E-state index contributed by atoms with van der Waals surface area (Å²) >= 11 is 0. The van der Waals surface area contributed by atoms with Crippen LogP contribution in [0.4, 0.5) is 5.69 Å². The van der Waals surface area contributed by atoms with Gasteiger partial charge in [0.25, 0.3) is 0 Å². The number of anilines is 1. The Morgan fingerprint density at radius 1 is 1.64 bits per heavy atom. The highest BCUT2D eigenvalue weighted by Gasteiger charge is 2.08. The fourth-order valence-electron chi connectivity index (χ4n) is 0.844. The molecule has 0 aromatic carbocycles. The molecule has 0 aliphatic rings. The number of hydrogen-bond acceptors (Lipinski definition) is 4. The lowest BCUT2D eigenvalue weighted by Gasteiger charge is -2.04. The largest absolute Gasteiger partial charge is 0.465 e. The number of rotatable bonds is 3. The van der Waals surface area contributed by atoms with Crippen LogP contribution >= 0.6 is 0 Å². The lowest BCUT2D eigenvalue weighted by molar-refractivity contribution is 0.268. The predicted octanol–water partition coefficient (Wildman–Crippen LogP) is 0.244. The van der Waals surface area contributed by atoms with Gasteiger partial charge in [-0.25, -0.2) is 0 Å². The maximum atomic E-state index is 8.55. The minimum atomic E-state index is -0.253. The van der Waals surface area contributed by atoms with E-state index in [-0.39, 0.29) is 12.6 Å². The van der Waals surface area contributed by atoms with Crippen LogP contribution in [0.5, 0.6) is 0 Å². The number of furan rings is 1. The van der Waals surface area contributed by atoms with Crippen LogP contribution in [-0.2, 0) is 0 Å². The molecule has 62 valence electrons. The fraction of sp³-hybridized carbons (Fsp3) is 0.429. The average molecular weight is 156 g/mol. The Morgan fingerprint density at radius 2 is 2.36 bits per heavy atom. The van der Waals surface area contributed by atoms with Crippen molar-refractivity contribution in [1.29, 1.82) is 0 Å². The second-order valence-corrected chi connectivity index (χ2v) is 2.40. The van der Waals surface area contributed by atoms with E-state index in [0.717, 1.165) is 0 Å². The zero-order chi connectivity index (χ0) is 8.27. The Kier molecular flexibility index (Phi) is 2.51. The summed E-state index contributed by atoms with van der Waals surface area (Å²) in [6, 6.07) is 1.41. The summed E-state index contributed by atoms with van der Waals surface area (Å²) in [6.07, 6.45) is 1.93. The molecule has 4 heteroatoms. The summed E-state index contributed by atoms with van der Waals surface area (Å²) < 4.78 is 5.02. The topological polar surface area (TPSA) is 85.4 Å². The quantitative estimate of drug-likeness (QED) is 0.585. The first kappa shape index (κ1) is 8.10. The maximum absolute atomic E-state index is 8.55. The number of aliphatic hydroxyl groups excluding tert-OH is 1. The first-order valence-electron chi connectivity index (χ1n) is 3.44. The van der Waals surface area contributed by atoms with Crippen LogP contribution in [0.2, 0.25) is 0 Å². The molecule has 0 bridgehead atoms. The van der Waals surface area contributed by atoms with Crippen LogP contribution in [0.25, 0.3) is 0 Å². The van der Waals surface area contributed by atoms with Gasteiger partial charge in [-0.2, -0.15) is 0 Å². The van der Waals surface area contributed by atoms with Gasteiger partial charge in [0.2, 0.25) is 0 Å². The van der Waals surface area contributed by atoms with Gasteiger partial charge in [0.15, 0.2) is 0 Å². The van der Waals surface area contributed by atoms with Gasteiger partial charge in [-0.1, -0.05) is 0 Å². The Hall–Kier alpha value is -1.00. The molecular formula is C7H12N2O2. The highest BCUT2D eigenvalue weighted by Crippen LogP contribution is 2.17. The lowest BCUT2D eigenvalue weighted by Crippen LogP contribution is -2.10. The summed E-state index contributed by atoms with van der Waals surface area (Å²) in [5, 5.41) is 8.55. The van der Waals surface area contributed by atoms with Crippen molar-refractivity contribution in [2.24, 2.45) is 5.73 Å². The summed E-state index contributed by atoms with van der Waals surface area (Å²) in [7, 11) is 0. The maximum Gasteiger partial charge on any atom is 0.122 e. The van der Waals surface area contributed by atoms with Crippen molar-refractivity contribution in [3.8, 4) is 0 Å². The van der Waals surface area contributed by atoms with Crippen LogP contribution < -0.4 is 11.5 Å². The molecule has 0 aliphatic carbocycles. The Bertz CT molecular complexity index is 222. The molecule has 1 atom stereocenters. The van der Waals surface area contributed by atoms with Gasteiger partial charge >= 0.3 is 0 Å². The molecule has 5 N–H and O–H groups in total. The molecule has 0 saturated heterocycles. The second-order valence-electron chi connectivity index (χ2n) is 2.40. The summed E-state index contributed by atoms with van der Waals surface area (Å²) in [5.41, 5.74) is 11.6. The molecule has 1 aromatic rings. The number of hydrogen-bond donors (Lipinski definition) is 3. The smallest absolute Gasteiger partial charge is 0.122 e. The van der Waals surface area contributed by atoms with Gasteiger partial charge in [-0.15, -0.1) is 0 Å². The van der Waals surface area contributed by atoms with E-state index in [0.29, 0.717) is 17.9 Å². The molecule has 4 nitrogen and oxygen atoms in total. The minimum Gasteiger partial charge on any atom is -0.465 e. The third-order valence-corrected chi connectivity index (χ3v) is 1.45. The zero-order valence-electron chi connectivity index (χ0n) is 6.16. The first-order chi connectivity index (χ1) is 5.24. The molecule has 0 saturated carbocycles. The van der Waals surface area contributed by atoms with E-state index >= 15 is 0 Å². The second kappa shape index (κ2) is 3.41. The van der Waals surface area contributed by atoms with E-state index in [9.17, 15) is 0 Å². The van der Waals surface area contributed by atoms with E-state index in [4.69, 9.17) is 21.0 Å². The summed E-state index contributed by atoms with van der Waals surface area (Å²) in [5.74, 6) is 0.622. The van der Waals surface area contributed by atoms with Crippen molar-refractivity contribution < 1.29 is 9.52 Å². The fourth-order valence-corrected chi connectivity index (χ4v) is 0.844. The monoisotopic (exact) mass is 156 g/mol. The highest BCUT2D eigenvalue weighted by atomic mass is 16.3. The van der Waals surface area contributed by atoms with Gasteiger partial charge in [0.05, 0.1) is 11.7 Å². The number of nitrogen functional groups attached to an aromatic ring is 1. The van der Waals surface area contributed by atoms with E-state index in [1.807, 2.05) is 0 Å². The molecule has 0 amide bonds. The molecule has 0 radical (unpaired) electrons. The normalized spacial score (nSPS) is 13.3. The molecule has 11 heavy (non-hydrogen) atoms. The Morgan fingerprint density at radius 3 is 2.82 bits per heavy atom. The van der Waals surface area contributed by atoms with Gasteiger partial charge in [-0.3, -0.25) is 0 Å². The SMILES string of the molecule is Nc1coc([C@@H](N)CCO)c1. The molecule has 0 aliphatic heterocycles. The Labute approximate surface area is 64.8 Å². The molecule has 1 aromatic heterocycles. The van der Waals surface area contributed by atoms with Crippen molar-refractivity contribution in [2.75, 3.05) is 12.3 Å². The highest BCUT2D eigenvalue weighted by molar-refractivity contribution is 5.35. The summed E-state index contributed by atoms with van der Waals surface area (Å²) in [6.45, 7) is 0.0573. The molecule has 0 fully saturated rings. The van der Waals surface area contributed by atoms with Gasteiger partial charge in [-0.05, 0) is 6.42 Å². The van der Waals surface area contributed by atoms with Crippen LogP contribution in [0.15, 0.2) is 16.7 Å². The van der Waals surface area contributed by atoms with E-state index in [1.165, 1.54) is 6.26 Å². The van der Waals surface area contributed by atoms with Crippen molar-refractivity contribution in [3.63, 3.8) is 0 Å². The third-order valence-electron chi connectivity index (χ3n) is 1.45. The minimum absolute atomic E-state index is 0.0573. The van der Waals surface area contributed by atoms with Crippen LogP contribution in [0.3, 0.4) is 0 Å². The average Bonchev–Trinajstić information content (AvgIpc) is 2.36. The third kappa shape index (κ3) is 1.96. The van der Waals surface area contributed by atoms with Crippen LogP contribution in [-0.4, -0.2) is 11.7 Å². The van der Waals surface area contributed by atoms with E-state index in [1.54, 1.807) is 6.07 Å². The van der Waals surface area contributed by atoms with Gasteiger partial charge < -0.3 is 21.0 Å². The zero-order valence-corrected chi connectivity index (χ0v) is 6.16. The molecular weight excluding hydrogens is 144 g/mol. The number of aliphatic hydroxyl groups is 1. The van der Waals surface area contributed by atoms with Crippen LogP contribution in [0.1, 0.15) is 18.2 Å². The van der Waals surface area contributed by atoms with Crippen molar-refractivity contribution in [2.45, 2.75) is 12.5 Å². The van der Waals surface area contributed by atoms with Gasteiger partial charge in [0, 0.05) is 12.7 Å². The first-order valence-corrected chi connectivity index (χ1v) is 3.44. The van der Waals surface area contributed by atoms with Crippen molar-refractivity contribution in [1.82, 2.24) is 0 Å². The summed E-state index contributed by atoms with van der Waals surface area (Å²) in [4.78, 5) is 0. The molecule has 0 spiro atoms. The number of nitrogens with two attached hydrogens (primary N) is 2. The van der Waals surface area contributed by atoms with Gasteiger partial charge in [0.1, 0.15) is 12.0 Å². The Balaban J connectivity index is 2.60. The molecule has 1 rings (SSSR count). The van der Waals surface area contributed by atoms with E-state index < -0.39 is 0 Å². The molecule has 1 heterocycles. The lowest BCUT2D eigenvalue weighted by atomic mass is 10.2. The van der Waals surface area contributed by atoms with E-state index in [2.05, 4.69) is 0 Å². The standard InChI is InChI=1S/C7H12N2O2/c8-5-3-7(11-4-5)6(9)1-2-10/h3-4,6,10H,1-2,8-9H2/t6-/m0/s1. The van der Waals surface area contributed by atoms with Crippen molar-refractivity contribution >= 4 is 5.69 Å².